The normalized spacial score (nSPS) is 12.6. The van der Waals surface area contributed by atoms with Gasteiger partial charge in [-0.05, 0) is 30.7 Å². The van der Waals surface area contributed by atoms with Gasteiger partial charge in [-0.1, -0.05) is 41.9 Å². The molecule has 8 heteroatoms. The van der Waals surface area contributed by atoms with E-state index in [1.165, 1.54) is 23.5 Å². The van der Waals surface area contributed by atoms with Gasteiger partial charge in [-0.25, -0.2) is 4.98 Å². The molecule has 0 radical (unpaired) electrons. The Morgan fingerprint density at radius 3 is 2.50 bits per heavy atom. The number of nitrogens with one attached hydrogen (secondary N) is 1. The zero-order chi connectivity index (χ0) is 20.3. The molecule has 0 unspecified atom stereocenters. The zero-order valence-electron chi connectivity index (χ0n) is 14.8. The predicted molar refractivity (Wildman–Crippen MR) is 104 cm³/mol. The summed E-state index contributed by atoms with van der Waals surface area (Å²) in [5, 5.41) is 5.89. The van der Waals surface area contributed by atoms with Crippen molar-refractivity contribution in [3.05, 3.63) is 75.8 Å². The number of carbonyl (C=O) groups is 1. The Morgan fingerprint density at radius 2 is 1.86 bits per heavy atom. The third kappa shape index (κ3) is 4.91. The summed E-state index contributed by atoms with van der Waals surface area (Å²) in [6.07, 6.45) is -4.30. The van der Waals surface area contributed by atoms with Crippen molar-refractivity contribution in [3.8, 4) is 10.6 Å². The summed E-state index contributed by atoms with van der Waals surface area (Å²) >= 11 is 7.56. The first kappa shape index (κ1) is 20.4. The molecule has 1 heterocycles. The number of hydrogen-bond acceptors (Lipinski definition) is 3. The summed E-state index contributed by atoms with van der Waals surface area (Å²) in [6, 6.07) is 11.7. The van der Waals surface area contributed by atoms with Gasteiger partial charge in [0.2, 0.25) is 5.91 Å². The predicted octanol–water partition coefficient (Wildman–Crippen LogP) is 5.90. The summed E-state index contributed by atoms with van der Waals surface area (Å²) < 4.78 is 37.9. The molecule has 2 aromatic carbocycles. The maximum Gasteiger partial charge on any atom is 0.416 e. The van der Waals surface area contributed by atoms with E-state index in [4.69, 9.17) is 11.6 Å². The van der Waals surface area contributed by atoms with E-state index in [0.29, 0.717) is 16.3 Å². The molecule has 3 nitrogen and oxygen atoms in total. The molecule has 1 amide bonds. The van der Waals surface area contributed by atoms with Gasteiger partial charge in [-0.2, -0.15) is 13.2 Å². The lowest BCUT2D eigenvalue weighted by Crippen LogP contribution is -2.28. The first-order chi connectivity index (χ1) is 13.2. The molecule has 3 aromatic rings. The number of alkyl halides is 3. The highest BCUT2D eigenvalue weighted by Crippen LogP contribution is 2.31. The molecule has 28 heavy (non-hydrogen) atoms. The quantitative estimate of drug-likeness (QED) is 0.553. The topological polar surface area (TPSA) is 42.0 Å². The van der Waals surface area contributed by atoms with E-state index in [1.807, 2.05) is 18.2 Å². The van der Waals surface area contributed by atoms with Crippen molar-refractivity contribution in [3.63, 3.8) is 0 Å². The van der Waals surface area contributed by atoms with Gasteiger partial charge in [0.25, 0.3) is 0 Å². The molecule has 1 N–H and O–H groups in total. The van der Waals surface area contributed by atoms with Crippen LogP contribution in [0.3, 0.4) is 0 Å². The van der Waals surface area contributed by atoms with E-state index >= 15 is 0 Å². The average molecular weight is 425 g/mol. The highest BCUT2D eigenvalue weighted by Gasteiger charge is 2.30. The van der Waals surface area contributed by atoms with E-state index in [0.717, 1.165) is 22.7 Å². The molecule has 0 bridgehead atoms. The van der Waals surface area contributed by atoms with Gasteiger partial charge in [-0.3, -0.25) is 4.79 Å². The van der Waals surface area contributed by atoms with Crippen LogP contribution in [0, 0.1) is 0 Å². The van der Waals surface area contributed by atoms with Crippen LogP contribution in [0.1, 0.15) is 29.8 Å². The second-order valence-electron chi connectivity index (χ2n) is 6.21. The number of thiazole rings is 1. The number of aromatic nitrogens is 1. The fourth-order valence-corrected chi connectivity index (χ4v) is 3.79. The Morgan fingerprint density at radius 1 is 1.18 bits per heavy atom. The second kappa shape index (κ2) is 8.32. The van der Waals surface area contributed by atoms with Gasteiger partial charge in [0.15, 0.2) is 0 Å². The Balaban J connectivity index is 1.62. The number of rotatable bonds is 5. The van der Waals surface area contributed by atoms with Crippen LogP contribution in [0.25, 0.3) is 10.6 Å². The standard InChI is InChI=1S/C20H16ClF3N2OS/c1-12(13-6-8-14(9-7-13)20(22,23)24)25-18(27)10-15-11-28-19(26-15)16-4-2-3-5-17(16)21/h2-9,11-12H,10H2,1H3,(H,25,27)/t12-/m1/s1. The SMILES string of the molecule is C[C@@H](NC(=O)Cc1csc(-c2ccccc2Cl)n1)c1ccc(C(F)(F)F)cc1. The van der Waals surface area contributed by atoms with Gasteiger partial charge in [-0.15, -0.1) is 11.3 Å². The molecular formula is C20H16ClF3N2OS. The fraction of sp³-hybridized carbons (Fsp3) is 0.200. The van der Waals surface area contributed by atoms with Gasteiger partial charge >= 0.3 is 6.18 Å². The number of carbonyl (C=O) groups excluding carboxylic acids is 1. The van der Waals surface area contributed by atoms with E-state index in [9.17, 15) is 18.0 Å². The summed E-state index contributed by atoms with van der Waals surface area (Å²) in [5.41, 5.74) is 1.29. The van der Waals surface area contributed by atoms with Crippen molar-refractivity contribution in [2.24, 2.45) is 0 Å². The Bertz CT molecular complexity index is 970. The van der Waals surface area contributed by atoms with Crippen LogP contribution in [-0.2, 0) is 17.4 Å². The molecule has 0 saturated heterocycles. The summed E-state index contributed by atoms with van der Waals surface area (Å²) in [6.45, 7) is 1.72. The van der Waals surface area contributed by atoms with Gasteiger partial charge in [0.1, 0.15) is 5.01 Å². The second-order valence-corrected chi connectivity index (χ2v) is 7.47. The first-order valence-electron chi connectivity index (χ1n) is 8.40. The maximum absolute atomic E-state index is 12.6. The van der Waals surface area contributed by atoms with Crippen LogP contribution in [0.4, 0.5) is 13.2 Å². The molecule has 146 valence electrons. The zero-order valence-corrected chi connectivity index (χ0v) is 16.3. The van der Waals surface area contributed by atoms with E-state index in [-0.39, 0.29) is 12.3 Å². The molecule has 0 aliphatic heterocycles. The number of nitrogens with zero attached hydrogens (tertiary/aromatic N) is 1. The minimum absolute atomic E-state index is 0.0753. The smallest absolute Gasteiger partial charge is 0.349 e. The van der Waals surface area contributed by atoms with Crippen molar-refractivity contribution in [2.45, 2.75) is 25.6 Å². The Hall–Kier alpha value is -2.38. The number of hydrogen-bond donors (Lipinski definition) is 1. The van der Waals surface area contributed by atoms with Crippen LogP contribution in [0.5, 0.6) is 0 Å². The monoisotopic (exact) mass is 424 g/mol. The van der Waals surface area contributed by atoms with E-state index in [2.05, 4.69) is 10.3 Å². The molecule has 0 aliphatic carbocycles. The fourth-order valence-electron chi connectivity index (χ4n) is 2.65. The van der Waals surface area contributed by atoms with Gasteiger partial charge in [0.05, 0.1) is 28.7 Å². The van der Waals surface area contributed by atoms with Crippen molar-refractivity contribution in [1.29, 1.82) is 0 Å². The number of halogens is 4. The lowest BCUT2D eigenvalue weighted by molar-refractivity contribution is -0.137. The lowest BCUT2D eigenvalue weighted by atomic mass is 10.1. The molecule has 0 aliphatic rings. The summed E-state index contributed by atoms with van der Waals surface area (Å²) in [5.74, 6) is -0.261. The van der Waals surface area contributed by atoms with Crippen LogP contribution < -0.4 is 5.32 Å². The maximum atomic E-state index is 12.6. The van der Waals surface area contributed by atoms with Crippen LogP contribution >= 0.6 is 22.9 Å². The first-order valence-corrected chi connectivity index (χ1v) is 9.65. The van der Waals surface area contributed by atoms with Crippen LogP contribution in [0.2, 0.25) is 5.02 Å². The molecule has 3 rings (SSSR count). The van der Waals surface area contributed by atoms with Crippen molar-refractivity contribution in [2.75, 3.05) is 0 Å². The highest BCUT2D eigenvalue weighted by atomic mass is 35.5. The van der Waals surface area contributed by atoms with Crippen molar-refractivity contribution in [1.82, 2.24) is 10.3 Å². The summed E-state index contributed by atoms with van der Waals surface area (Å²) in [7, 11) is 0. The summed E-state index contributed by atoms with van der Waals surface area (Å²) in [4.78, 5) is 16.7. The minimum Gasteiger partial charge on any atom is -0.349 e. The average Bonchev–Trinajstić information content (AvgIpc) is 3.09. The van der Waals surface area contributed by atoms with Gasteiger partial charge < -0.3 is 5.32 Å². The largest absolute Gasteiger partial charge is 0.416 e. The molecule has 0 saturated carbocycles. The van der Waals surface area contributed by atoms with E-state index in [1.54, 1.807) is 18.4 Å². The van der Waals surface area contributed by atoms with Gasteiger partial charge in [0, 0.05) is 10.9 Å². The minimum atomic E-state index is -4.38. The van der Waals surface area contributed by atoms with Crippen molar-refractivity contribution >= 4 is 28.8 Å². The Labute approximate surface area is 169 Å². The number of benzene rings is 2. The molecule has 1 aromatic heterocycles. The Kier molecular flexibility index (Phi) is 6.05. The lowest BCUT2D eigenvalue weighted by Gasteiger charge is -2.15. The highest BCUT2D eigenvalue weighted by molar-refractivity contribution is 7.13. The molecule has 0 spiro atoms. The van der Waals surface area contributed by atoms with Crippen molar-refractivity contribution < 1.29 is 18.0 Å². The molecule has 0 fully saturated rings. The third-order valence-corrected chi connectivity index (χ3v) is 5.37. The van der Waals surface area contributed by atoms with E-state index < -0.39 is 17.8 Å². The molecule has 1 atom stereocenters. The molecular weight excluding hydrogens is 409 g/mol. The number of amides is 1. The third-order valence-electron chi connectivity index (χ3n) is 4.11. The van der Waals surface area contributed by atoms with Crippen LogP contribution in [0.15, 0.2) is 53.9 Å². The van der Waals surface area contributed by atoms with Crippen LogP contribution in [-0.4, -0.2) is 10.9 Å².